The van der Waals surface area contributed by atoms with Gasteiger partial charge in [0.15, 0.2) is 0 Å². The van der Waals surface area contributed by atoms with Gasteiger partial charge in [-0.1, -0.05) is 23.7 Å². The number of hydrogen-bond donors (Lipinski definition) is 0. The van der Waals surface area contributed by atoms with Crippen molar-refractivity contribution < 1.29 is 8.42 Å². The van der Waals surface area contributed by atoms with Crippen molar-refractivity contribution in [3.63, 3.8) is 0 Å². The first-order valence-electron chi connectivity index (χ1n) is 10.1. The van der Waals surface area contributed by atoms with Crippen molar-refractivity contribution >= 4 is 33.0 Å². The van der Waals surface area contributed by atoms with Crippen molar-refractivity contribution in [3.8, 4) is 11.3 Å². The fraction of sp³-hybridized carbons (Fsp3) is 0.286. The number of anilines is 1. The summed E-state index contributed by atoms with van der Waals surface area (Å²) >= 11 is 6.10. The third kappa shape index (κ3) is 3.85. The van der Waals surface area contributed by atoms with E-state index in [-0.39, 0.29) is 0 Å². The highest BCUT2D eigenvalue weighted by molar-refractivity contribution is 7.92. The van der Waals surface area contributed by atoms with Gasteiger partial charge in [0.25, 0.3) is 0 Å². The molecular weight excluding hydrogens is 450 g/mol. The number of sulfonamides is 1. The number of aromatic nitrogens is 5. The fourth-order valence-corrected chi connectivity index (χ4v) is 4.53. The lowest BCUT2D eigenvalue weighted by Crippen LogP contribution is -2.34. The molecule has 0 saturated carbocycles. The van der Waals surface area contributed by atoms with Gasteiger partial charge in [-0.2, -0.15) is 5.10 Å². The maximum atomic E-state index is 12.1. The lowest BCUT2D eigenvalue weighted by atomic mass is 10.1. The monoisotopic (exact) mass is 471 g/mol. The first kappa shape index (κ1) is 20.9. The standard InChI is InChI=1S/C21H22ClN7O2S/c1-26(32(2,30)31)17-7-8-19-25-21(15-3-5-16(22)6-4-15)18(28(19)11-17)12-27-9-10-29-20(13-27)23-14-24-29/h3-8,11,14H,9-10,12-13H2,1-2H3. The first-order valence-corrected chi connectivity index (χ1v) is 12.3. The van der Waals surface area contributed by atoms with Crippen LogP contribution in [0.2, 0.25) is 5.02 Å². The average molecular weight is 472 g/mol. The Morgan fingerprint density at radius 2 is 1.91 bits per heavy atom. The van der Waals surface area contributed by atoms with E-state index in [0.717, 1.165) is 41.5 Å². The first-order chi connectivity index (χ1) is 15.3. The summed E-state index contributed by atoms with van der Waals surface area (Å²) in [4.78, 5) is 11.5. The van der Waals surface area contributed by atoms with Gasteiger partial charge in [-0.25, -0.2) is 23.1 Å². The van der Waals surface area contributed by atoms with Crippen LogP contribution in [-0.2, 0) is 29.7 Å². The number of hydrogen-bond acceptors (Lipinski definition) is 6. The van der Waals surface area contributed by atoms with E-state index in [1.807, 2.05) is 45.6 Å². The summed E-state index contributed by atoms with van der Waals surface area (Å²) in [6, 6.07) is 11.2. The minimum Gasteiger partial charge on any atom is -0.300 e. The Hall–Kier alpha value is -2.95. The van der Waals surface area contributed by atoms with Gasteiger partial charge in [0, 0.05) is 36.9 Å². The predicted octanol–water partition coefficient (Wildman–Crippen LogP) is 2.66. The molecule has 0 atom stereocenters. The number of benzene rings is 1. The lowest BCUT2D eigenvalue weighted by Gasteiger charge is -2.26. The number of fused-ring (bicyclic) bond motifs is 2. The molecule has 0 spiro atoms. The zero-order valence-corrected chi connectivity index (χ0v) is 19.3. The summed E-state index contributed by atoms with van der Waals surface area (Å²) in [6.07, 6.45) is 4.60. The van der Waals surface area contributed by atoms with E-state index in [2.05, 4.69) is 15.0 Å². The van der Waals surface area contributed by atoms with Crippen LogP contribution in [0.1, 0.15) is 11.5 Å². The van der Waals surface area contributed by atoms with Crippen LogP contribution >= 0.6 is 11.6 Å². The Morgan fingerprint density at radius 1 is 1.12 bits per heavy atom. The quantitative estimate of drug-likeness (QED) is 0.444. The molecule has 0 saturated heterocycles. The van der Waals surface area contributed by atoms with Gasteiger partial charge >= 0.3 is 0 Å². The molecule has 1 aliphatic rings. The van der Waals surface area contributed by atoms with Gasteiger partial charge in [0.1, 0.15) is 17.8 Å². The van der Waals surface area contributed by atoms with Crippen LogP contribution in [-0.4, -0.2) is 57.3 Å². The van der Waals surface area contributed by atoms with Crippen LogP contribution in [0.4, 0.5) is 5.69 Å². The topological polar surface area (TPSA) is 88.6 Å². The van der Waals surface area contributed by atoms with E-state index in [1.165, 1.54) is 10.6 Å². The minimum atomic E-state index is -3.39. The molecule has 0 bridgehead atoms. The van der Waals surface area contributed by atoms with Crippen LogP contribution in [0.5, 0.6) is 0 Å². The van der Waals surface area contributed by atoms with Crippen LogP contribution in [0, 0.1) is 0 Å². The molecule has 4 aromatic rings. The molecule has 166 valence electrons. The summed E-state index contributed by atoms with van der Waals surface area (Å²) in [5.74, 6) is 0.926. The molecule has 1 aromatic carbocycles. The van der Waals surface area contributed by atoms with Gasteiger partial charge in [0.05, 0.1) is 36.4 Å². The minimum absolute atomic E-state index is 0.569. The summed E-state index contributed by atoms with van der Waals surface area (Å²) in [5, 5.41) is 4.91. The molecule has 0 N–H and O–H groups in total. The summed E-state index contributed by atoms with van der Waals surface area (Å²) in [7, 11) is -1.84. The summed E-state index contributed by atoms with van der Waals surface area (Å²) in [6.45, 7) is 2.89. The molecule has 0 fully saturated rings. The second-order valence-corrected chi connectivity index (χ2v) is 10.3. The second kappa shape index (κ2) is 7.88. The van der Waals surface area contributed by atoms with Gasteiger partial charge in [-0.05, 0) is 24.3 Å². The van der Waals surface area contributed by atoms with Crippen LogP contribution in [0.3, 0.4) is 0 Å². The molecule has 0 radical (unpaired) electrons. The summed E-state index contributed by atoms with van der Waals surface area (Å²) in [5.41, 5.74) is 4.08. The van der Waals surface area contributed by atoms with Crippen LogP contribution in [0.15, 0.2) is 48.9 Å². The molecule has 3 aromatic heterocycles. The molecule has 11 heteroatoms. The highest BCUT2D eigenvalue weighted by Gasteiger charge is 2.23. The molecule has 32 heavy (non-hydrogen) atoms. The highest BCUT2D eigenvalue weighted by Crippen LogP contribution is 2.29. The van der Waals surface area contributed by atoms with Gasteiger partial charge in [0.2, 0.25) is 10.0 Å². The Balaban J connectivity index is 1.61. The molecule has 4 heterocycles. The van der Waals surface area contributed by atoms with E-state index >= 15 is 0 Å². The maximum absolute atomic E-state index is 12.1. The van der Waals surface area contributed by atoms with E-state index in [9.17, 15) is 8.42 Å². The van der Waals surface area contributed by atoms with E-state index in [4.69, 9.17) is 16.6 Å². The molecule has 0 aliphatic carbocycles. The molecular formula is C21H22ClN7O2S. The summed E-state index contributed by atoms with van der Waals surface area (Å²) < 4.78 is 29.3. The fourth-order valence-electron chi connectivity index (χ4n) is 3.91. The van der Waals surface area contributed by atoms with E-state index in [1.54, 1.807) is 19.4 Å². The Bertz CT molecular complexity index is 1400. The third-order valence-corrected chi connectivity index (χ3v) is 7.20. The number of nitrogens with zero attached hydrogens (tertiary/aromatic N) is 7. The van der Waals surface area contributed by atoms with Crippen molar-refractivity contribution in [3.05, 3.63) is 65.5 Å². The molecule has 0 unspecified atom stereocenters. The van der Waals surface area contributed by atoms with Gasteiger partial charge in [-0.3, -0.25) is 13.6 Å². The number of pyridine rings is 1. The van der Waals surface area contributed by atoms with Crippen LogP contribution in [0.25, 0.3) is 16.9 Å². The molecule has 5 rings (SSSR count). The number of imidazole rings is 1. The second-order valence-electron chi connectivity index (χ2n) is 7.87. The predicted molar refractivity (Wildman–Crippen MR) is 123 cm³/mol. The Morgan fingerprint density at radius 3 is 2.66 bits per heavy atom. The van der Waals surface area contributed by atoms with Crippen molar-refractivity contribution in [2.75, 3.05) is 24.2 Å². The Kier molecular flexibility index (Phi) is 5.15. The van der Waals surface area contributed by atoms with Gasteiger partial charge in [-0.15, -0.1) is 0 Å². The van der Waals surface area contributed by atoms with Crippen molar-refractivity contribution in [1.82, 2.24) is 29.0 Å². The largest absolute Gasteiger partial charge is 0.300 e. The number of halogens is 1. The van der Waals surface area contributed by atoms with E-state index in [0.29, 0.717) is 23.8 Å². The molecule has 1 aliphatic heterocycles. The van der Waals surface area contributed by atoms with E-state index < -0.39 is 10.0 Å². The lowest BCUT2D eigenvalue weighted by molar-refractivity contribution is 0.199. The zero-order valence-electron chi connectivity index (χ0n) is 17.7. The van der Waals surface area contributed by atoms with Crippen molar-refractivity contribution in [1.29, 1.82) is 0 Å². The average Bonchev–Trinajstić information content (AvgIpc) is 3.37. The van der Waals surface area contributed by atoms with Gasteiger partial charge < -0.3 is 0 Å². The molecule has 0 amide bonds. The normalized spacial score (nSPS) is 14.6. The maximum Gasteiger partial charge on any atom is 0.232 e. The zero-order chi connectivity index (χ0) is 22.5. The SMILES string of the molecule is CN(c1ccc2nc(-c3ccc(Cl)cc3)c(CN3CCn4ncnc4C3)n2c1)S(C)(=O)=O. The number of rotatable bonds is 5. The Labute approximate surface area is 190 Å². The highest BCUT2D eigenvalue weighted by atomic mass is 35.5. The molecule has 9 nitrogen and oxygen atoms in total. The smallest absolute Gasteiger partial charge is 0.232 e. The van der Waals surface area contributed by atoms with Crippen molar-refractivity contribution in [2.24, 2.45) is 0 Å². The third-order valence-electron chi connectivity index (χ3n) is 5.74. The van der Waals surface area contributed by atoms with Crippen LogP contribution < -0.4 is 4.31 Å². The van der Waals surface area contributed by atoms with Crippen molar-refractivity contribution in [2.45, 2.75) is 19.6 Å².